The van der Waals surface area contributed by atoms with Crippen LogP contribution in [0.15, 0.2) is 54.6 Å². The van der Waals surface area contributed by atoms with Gasteiger partial charge in [0.2, 0.25) is 0 Å². The lowest BCUT2D eigenvalue weighted by Gasteiger charge is -2.36. The average molecular weight is 546 g/mol. The van der Waals surface area contributed by atoms with E-state index in [-0.39, 0.29) is 17.5 Å². The first-order valence-corrected chi connectivity index (χ1v) is 13.0. The van der Waals surface area contributed by atoms with Crippen molar-refractivity contribution in [3.05, 3.63) is 76.3 Å². The van der Waals surface area contributed by atoms with Crippen molar-refractivity contribution >= 4 is 34.7 Å². The number of benzene rings is 2. The molecule has 0 unspecified atom stereocenters. The van der Waals surface area contributed by atoms with E-state index in [9.17, 15) is 22.8 Å². The Kier molecular flexibility index (Phi) is 7.96. The Morgan fingerprint density at radius 1 is 0.974 bits per heavy atom. The molecule has 2 N–H and O–H groups in total. The molecule has 11 heteroatoms. The molecule has 0 bridgehead atoms. The molecule has 0 spiro atoms. The molecule has 0 atom stereocenters. The van der Waals surface area contributed by atoms with E-state index in [1.54, 1.807) is 11.0 Å². The number of anilines is 2. The van der Waals surface area contributed by atoms with E-state index in [0.717, 1.165) is 29.2 Å². The Balaban J connectivity index is 1.48. The lowest BCUT2D eigenvalue weighted by Crippen LogP contribution is -2.48. The number of nitrogens with zero attached hydrogens (tertiary/aromatic N) is 3. The van der Waals surface area contributed by atoms with Gasteiger partial charge in [0.05, 0.1) is 11.3 Å². The van der Waals surface area contributed by atoms with Gasteiger partial charge in [-0.25, -0.2) is 0 Å². The summed E-state index contributed by atoms with van der Waals surface area (Å²) < 4.78 is 43.7. The maximum atomic E-state index is 13.5. The second-order valence-corrected chi connectivity index (χ2v) is 10.9. The Morgan fingerprint density at radius 3 is 2.29 bits per heavy atom. The van der Waals surface area contributed by atoms with Crippen LogP contribution in [0.3, 0.4) is 0 Å². The van der Waals surface area contributed by atoms with Gasteiger partial charge in [0, 0.05) is 44.0 Å². The molecule has 1 aromatic heterocycles. The van der Waals surface area contributed by atoms with Gasteiger partial charge in [-0.3, -0.25) is 9.59 Å². The third-order valence-electron chi connectivity index (χ3n) is 6.00. The van der Waals surface area contributed by atoms with Crippen LogP contribution in [0.2, 0.25) is 0 Å². The van der Waals surface area contributed by atoms with E-state index in [0.29, 0.717) is 49.0 Å². The first kappa shape index (κ1) is 27.4. The summed E-state index contributed by atoms with van der Waals surface area (Å²) in [5.41, 5.74) is 0.821. The SMILES string of the molecule is CC(C)(C)Nc1c(C(=O)NCc2ccccc2)nsc1C(=O)N1CCN(c2cccc(C(F)(F)F)c2)CC1. The molecular weight excluding hydrogens is 515 g/mol. The highest BCUT2D eigenvalue weighted by Crippen LogP contribution is 2.33. The van der Waals surface area contributed by atoms with Gasteiger partial charge in [0.25, 0.3) is 11.8 Å². The van der Waals surface area contributed by atoms with Crippen LogP contribution < -0.4 is 15.5 Å². The van der Waals surface area contributed by atoms with Crippen molar-refractivity contribution in [2.75, 3.05) is 36.4 Å². The van der Waals surface area contributed by atoms with Crippen molar-refractivity contribution in [2.24, 2.45) is 0 Å². The van der Waals surface area contributed by atoms with Crippen LogP contribution in [0.4, 0.5) is 24.5 Å². The molecular formula is C27H30F3N5O2S. The number of carbonyl (C=O) groups is 2. The van der Waals surface area contributed by atoms with Crippen LogP contribution in [-0.2, 0) is 12.7 Å². The molecule has 1 aliphatic heterocycles. The molecule has 2 heterocycles. The summed E-state index contributed by atoms with van der Waals surface area (Å²) in [5, 5.41) is 6.14. The third-order valence-corrected chi connectivity index (χ3v) is 6.84. The van der Waals surface area contributed by atoms with Gasteiger partial charge in [-0.15, -0.1) is 0 Å². The number of hydrogen-bond donors (Lipinski definition) is 2. The molecule has 2 aromatic carbocycles. The minimum absolute atomic E-state index is 0.159. The zero-order chi connectivity index (χ0) is 27.5. The third kappa shape index (κ3) is 6.63. The zero-order valence-corrected chi connectivity index (χ0v) is 22.2. The number of halogens is 3. The lowest BCUT2D eigenvalue weighted by molar-refractivity contribution is -0.137. The van der Waals surface area contributed by atoms with Crippen molar-refractivity contribution in [2.45, 2.75) is 39.0 Å². The van der Waals surface area contributed by atoms with E-state index in [1.807, 2.05) is 56.0 Å². The standard InChI is InChI=1S/C27H30F3N5O2S/c1-26(2,3)32-21-22(24(36)31-17-18-8-5-4-6-9-18)33-38-23(21)25(37)35-14-12-34(13-15-35)20-11-7-10-19(16-20)27(28,29)30/h4-11,16,32H,12-15,17H2,1-3H3,(H,31,36). The fourth-order valence-electron chi connectivity index (χ4n) is 4.13. The molecule has 0 saturated carbocycles. The molecule has 38 heavy (non-hydrogen) atoms. The Bertz CT molecular complexity index is 1280. The van der Waals surface area contributed by atoms with Crippen LogP contribution in [0.25, 0.3) is 0 Å². The van der Waals surface area contributed by atoms with Gasteiger partial charge in [-0.2, -0.15) is 17.5 Å². The lowest BCUT2D eigenvalue weighted by atomic mass is 10.1. The molecule has 1 aliphatic rings. The van der Waals surface area contributed by atoms with Gasteiger partial charge in [-0.1, -0.05) is 36.4 Å². The maximum Gasteiger partial charge on any atom is 0.416 e. The molecule has 4 rings (SSSR count). The van der Waals surface area contributed by atoms with Crippen molar-refractivity contribution in [3.63, 3.8) is 0 Å². The van der Waals surface area contributed by atoms with Crippen molar-refractivity contribution in [1.29, 1.82) is 0 Å². The predicted molar refractivity (Wildman–Crippen MR) is 143 cm³/mol. The molecule has 1 fully saturated rings. The monoisotopic (exact) mass is 545 g/mol. The van der Waals surface area contributed by atoms with Crippen molar-refractivity contribution in [3.8, 4) is 0 Å². The summed E-state index contributed by atoms with van der Waals surface area (Å²) in [5.74, 6) is -0.648. The summed E-state index contributed by atoms with van der Waals surface area (Å²) >= 11 is 0.967. The molecule has 1 saturated heterocycles. The van der Waals surface area contributed by atoms with E-state index >= 15 is 0 Å². The second kappa shape index (κ2) is 11.0. The minimum Gasteiger partial charge on any atom is -0.377 e. The van der Waals surface area contributed by atoms with Crippen molar-refractivity contribution in [1.82, 2.24) is 14.6 Å². The molecule has 0 aliphatic carbocycles. The number of amides is 2. The van der Waals surface area contributed by atoms with Crippen molar-refractivity contribution < 1.29 is 22.8 Å². The normalized spacial score (nSPS) is 14.4. The Labute approximate surface area is 223 Å². The highest BCUT2D eigenvalue weighted by atomic mass is 32.1. The molecule has 7 nitrogen and oxygen atoms in total. The second-order valence-electron chi connectivity index (χ2n) is 10.1. The van der Waals surface area contributed by atoms with E-state index in [2.05, 4.69) is 15.0 Å². The highest BCUT2D eigenvalue weighted by Gasteiger charge is 2.33. The number of alkyl halides is 3. The van der Waals surface area contributed by atoms with Crippen LogP contribution in [-0.4, -0.2) is 52.8 Å². The highest BCUT2D eigenvalue weighted by molar-refractivity contribution is 7.09. The van der Waals surface area contributed by atoms with Crippen LogP contribution in [0.1, 0.15) is 52.1 Å². The summed E-state index contributed by atoms with van der Waals surface area (Å²) in [4.78, 5) is 30.3. The fraction of sp³-hybridized carbons (Fsp3) is 0.370. The largest absolute Gasteiger partial charge is 0.416 e. The number of aromatic nitrogens is 1. The number of piperazine rings is 1. The first-order valence-electron chi connectivity index (χ1n) is 12.2. The van der Waals surface area contributed by atoms with Gasteiger partial charge in [-0.05, 0) is 56.1 Å². The Morgan fingerprint density at radius 2 is 1.66 bits per heavy atom. The average Bonchev–Trinajstić information content (AvgIpc) is 3.29. The topological polar surface area (TPSA) is 77.6 Å². The number of carbonyl (C=O) groups excluding carboxylic acids is 2. The molecule has 0 radical (unpaired) electrons. The van der Waals surface area contributed by atoms with Crippen LogP contribution in [0.5, 0.6) is 0 Å². The van der Waals surface area contributed by atoms with Gasteiger partial charge in [0.15, 0.2) is 5.69 Å². The zero-order valence-electron chi connectivity index (χ0n) is 21.4. The summed E-state index contributed by atoms with van der Waals surface area (Å²) in [7, 11) is 0. The predicted octanol–water partition coefficient (Wildman–Crippen LogP) is 5.26. The summed E-state index contributed by atoms with van der Waals surface area (Å²) in [6, 6.07) is 14.7. The van der Waals surface area contributed by atoms with E-state index in [1.165, 1.54) is 6.07 Å². The fourth-order valence-corrected chi connectivity index (χ4v) is 4.94. The summed E-state index contributed by atoms with van der Waals surface area (Å²) in [6.07, 6.45) is -4.42. The maximum absolute atomic E-state index is 13.5. The quantitative estimate of drug-likeness (QED) is 0.442. The first-order chi connectivity index (χ1) is 17.9. The minimum atomic E-state index is -4.42. The number of rotatable bonds is 6. The van der Waals surface area contributed by atoms with Crippen LogP contribution >= 0.6 is 11.5 Å². The van der Waals surface area contributed by atoms with Gasteiger partial charge in [0.1, 0.15) is 4.88 Å². The molecule has 2 amide bonds. The van der Waals surface area contributed by atoms with Gasteiger partial charge >= 0.3 is 6.18 Å². The summed E-state index contributed by atoms with van der Waals surface area (Å²) in [6.45, 7) is 7.55. The molecule has 3 aromatic rings. The Hall–Kier alpha value is -3.60. The van der Waals surface area contributed by atoms with Crippen LogP contribution in [0, 0.1) is 0 Å². The van der Waals surface area contributed by atoms with E-state index in [4.69, 9.17) is 0 Å². The smallest absolute Gasteiger partial charge is 0.377 e. The van der Waals surface area contributed by atoms with Gasteiger partial charge < -0.3 is 20.4 Å². The molecule has 202 valence electrons. The number of hydrogen-bond acceptors (Lipinski definition) is 6. The number of nitrogens with one attached hydrogen (secondary N) is 2. The van der Waals surface area contributed by atoms with E-state index < -0.39 is 17.3 Å².